The SMILES string of the molecule is CSC1OC(C(NC(=O)c2ccccc2C2CCNCC2)C(C)Cl)C(O)C(O)C1O. The number of hydrogen-bond donors (Lipinski definition) is 5. The first-order valence-electron chi connectivity index (χ1n) is 10.3. The minimum absolute atomic E-state index is 0.293. The number of thioether (sulfide) groups is 1. The molecule has 7 atom stereocenters. The maximum Gasteiger partial charge on any atom is 0.251 e. The lowest BCUT2D eigenvalue weighted by Crippen LogP contribution is -2.64. The summed E-state index contributed by atoms with van der Waals surface area (Å²) in [6.45, 7) is 3.54. The van der Waals surface area contributed by atoms with Gasteiger partial charge >= 0.3 is 0 Å². The van der Waals surface area contributed by atoms with Gasteiger partial charge in [0.25, 0.3) is 5.91 Å². The number of hydrogen-bond acceptors (Lipinski definition) is 7. The molecule has 1 aromatic carbocycles. The van der Waals surface area contributed by atoms with Crippen molar-refractivity contribution >= 4 is 29.3 Å². The Labute approximate surface area is 186 Å². The van der Waals surface area contributed by atoms with E-state index in [0.29, 0.717) is 11.5 Å². The molecular formula is C21H31ClN2O5S. The molecule has 7 nitrogen and oxygen atoms in total. The van der Waals surface area contributed by atoms with Gasteiger partial charge < -0.3 is 30.7 Å². The third-order valence-electron chi connectivity index (χ3n) is 5.97. The van der Waals surface area contributed by atoms with Crippen molar-refractivity contribution in [3.05, 3.63) is 35.4 Å². The van der Waals surface area contributed by atoms with E-state index in [0.717, 1.165) is 31.5 Å². The van der Waals surface area contributed by atoms with Crippen molar-refractivity contribution in [2.75, 3.05) is 19.3 Å². The Kier molecular flexibility index (Phi) is 8.43. The molecule has 7 unspecified atom stereocenters. The summed E-state index contributed by atoms with van der Waals surface area (Å²) in [4.78, 5) is 13.2. The second-order valence-electron chi connectivity index (χ2n) is 7.96. The Balaban J connectivity index is 1.81. The smallest absolute Gasteiger partial charge is 0.251 e. The molecule has 0 saturated carbocycles. The van der Waals surface area contributed by atoms with Crippen LogP contribution in [0.3, 0.4) is 0 Å². The molecule has 168 valence electrons. The van der Waals surface area contributed by atoms with Crippen LogP contribution in [0.5, 0.6) is 0 Å². The molecule has 2 aliphatic rings. The predicted octanol–water partition coefficient (Wildman–Crippen LogP) is 1.05. The van der Waals surface area contributed by atoms with Gasteiger partial charge in [-0.1, -0.05) is 18.2 Å². The summed E-state index contributed by atoms with van der Waals surface area (Å²) in [6.07, 6.45) is -1.29. The molecule has 3 rings (SSSR count). The maximum atomic E-state index is 13.2. The standard InChI is InChI=1S/C21H31ClN2O5S/c1-11(22)15(19-17(26)16(25)18(27)21(29-19)30-2)24-20(28)14-6-4-3-5-13(14)12-7-9-23-10-8-12/h3-6,11-12,15-19,21,23,25-27H,7-10H2,1-2H3,(H,24,28). The van der Waals surface area contributed by atoms with E-state index in [1.807, 2.05) is 18.2 Å². The molecule has 5 N–H and O–H groups in total. The second kappa shape index (κ2) is 10.6. The van der Waals surface area contributed by atoms with E-state index in [1.54, 1.807) is 19.2 Å². The van der Waals surface area contributed by atoms with Crippen LogP contribution in [0, 0.1) is 0 Å². The molecule has 0 bridgehead atoms. The predicted molar refractivity (Wildman–Crippen MR) is 118 cm³/mol. The van der Waals surface area contributed by atoms with E-state index >= 15 is 0 Å². The Morgan fingerprint density at radius 3 is 2.50 bits per heavy atom. The molecule has 1 aromatic rings. The van der Waals surface area contributed by atoms with Crippen LogP contribution in [0.2, 0.25) is 0 Å². The highest BCUT2D eigenvalue weighted by Gasteiger charge is 2.47. The van der Waals surface area contributed by atoms with Crippen molar-refractivity contribution < 1.29 is 24.9 Å². The number of ether oxygens (including phenoxy) is 1. The number of amides is 1. The van der Waals surface area contributed by atoms with E-state index in [4.69, 9.17) is 16.3 Å². The van der Waals surface area contributed by atoms with Gasteiger partial charge in [-0.2, -0.15) is 0 Å². The van der Waals surface area contributed by atoms with Gasteiger partial charge in [0.2, 0.25) is 0 Å². The zero-order valence-electron chi connectivity index (χ0n) is 17.2. The van der Waals surface area contributed by atoms with Crippen molar-refractivity contribution in [1.29, 1.82) is 0 Å². The molecule has 9 heteroatoms. The number of carbonyl (C=O) groups excluding carboxylic acids is 1. The van der Waals surface area contributed by atoms with E-state index < -0.39 is 41.3 Å². The summed E-state index contributed by atoms with van der Waals surface area (Å²) in [5, 5.41) is 36.6. The summed E-state index contributed by atoms with van der Waals surface area (Å²) in [5.41, 5.74) is 0.851. The van der Waals surface area contributed by atoms with Gasteiger partial charge in [0.15, 0.2) is 0 Å². The van der Waals surface area contributed by atoms with Gasteiger partial charge in [-0.05, 0) is 56.7 Å². The van der Waals surface area contributed by atoms with Crippen molar-refractivity contribution in [2.24, 2.45) is 0 Å². The van der Waals surface area contributed by atoms with Crippen LogP contribution in [-0.4, -0.2) is 81.8 Å². The Morgan fingerprint density at radius 2 is 1.87 bits per heavy atom. The quantitative estimate of drug-likeness (QED) is 0.405. The van der Waals surface area contributed by atoms with Crippen LogP contribution >= 0.6 is 23.4 Å². The fraction of sp³-hybridized carbons (Fsp3) is 0.667. The normalized spacial score (nSPS) is 32.4. The summed E-state index contributed by atoms with van der Waals surface area (Å²) in [5.74, 6) is 0.00758. The largest absolute Gasteiger partial charge is 0.388 e. The first-order valence-corrected chi connectivity index (χ1v) is 12.0. The van der Waals surface area contributed by atoms with Crippen LogP contribution in [0.15, 0.2) is 24.3 Å². The molecule has 2 aliphatic heterocycles. The highest BCUT2D eigenvalue weighted by atomic mass is 35.5. The lowest BCUT2D eigenvalue weighted by atomic mass is 9.86. The summed E-state index contributed by atoms with van der Waals surface area (Å²) in [7, 11) is 0. The molecule has 2 fully saturated rings. The molecule has 0 aromatic heterocycles. The Morgan fingerprint density at radius 1 is 1.20 bits per heavy atom. The highest BCUT2D eigenvalue weighted by Crippen LogP contribution is 2.31. The molecule has 2 saturated heterocycles. The third kappa shape index (κ3) is 5.12. The van der Waals surface area contributed by atoms with Crippen LogP contribution in [0.25, 0.3) is 0 Å². The van der Waals surface area contributed by atoms with Gasteiger partial charge in [-0.3, -0.25) is 4.79 Å². The number of aliphatic hydroxyl groups excluding tert-OH is 3. The van der Waals surface area contributed by atoms with Crippen LogP contribution in [0.1, 0.15) is 41.6 Å². The first-order chi connectivity index (χ1) is 14.3. The van der Waals surface area contributed by atoms with Crippen molar-refractivity contribution in [3.8, 4) is 0 Å². The number of alkyl halides is 1. The fourth-order valence-electron chi connectivity index (χ4n) is 4.25. The number of halogens is 1. The Bertz CT molecular complexity index is 716. The van der Waals surface area contributed by atoms with Crippen LogP contribution in [-0.2, 0) is 4.74 Å². The number of carbonyl (C=O) groups is 1. The number of piperidine rings is 1. The topological polar surface area (TPSA) is 111 Å². The van der Waals surface area contributed by atoms with Gasteiger partial charge in [0.05, 0.1) is 11.4 Å². The van der Waals surface area contributed by atoms with Gasteiger partial charge in [0, 0.05) is 5.56 Å². The Hall–Kier alpha value is -0.870. The van der Waals surface area contributed by atoms with Gasteiger partial charge in [0.1, 0.15) is 29.9 Å². The summed E-state index contributed by atoms with van der Waals surface area (Å²) in [6, 6.07) is 6.79. The maximum absolute atomic E-state index is 13.2. The van der Waals surface area contributed by atoms with E-state index in [9.17, 15) is 20.1 Å². The zero-order chi connectivity index (χ0) is 21.8. The average molecular weight is 459 g/mol. The summed E-state index contributed by atoms with van der Waals surface area (Å²) < 4.78 is 5.83. The van der Waals surface area contributed by atoms with Crippen molar-refractivity contribution in [3.63, 3.8) is 0 Å². The monoisotopic (exact) mass is 458 g/mol. The van der Waals surface area contributed by atoms with Gasteiger partial charge in [-0.15, -0.1) is 23.4 Å². The third-order valence-corrected chi connectivity index (χ3v) is 7.10. The number of aliphatic hydroxyl groups is 3. The first kappa shape index (κ1) is 23.8. The zero-order valence-corrected chi connectivity index (χ0v) is 18.8. The minimum Gasteiger partial charge on any atom is -0.388 e. The lowest BCUT2D eigenvalue weighted by molar-refractivity contribution is -0.204. The van der Waals surface area contributed by atoms with Crippen LogP contribution < -0.4 is 10.6 Å². The van der Waals surface area contributed by atoms with E-state index in [2.05, 4.69) is 10.6 Å². The lowest BCUT2D eigenvalue weighted by Gasteiger charge is -2.43. The van der Waals surface area contributed by atoms with Crippen molar-refractivity contribution in [2.45, 2.75) is 67.0 Å². The molecule has 1 amide bonds. The van der Waals surface area contributed by atoms with Crippen LogP contribution in [0.4, 0.5) is 0 Å². The molecular weight excluding hydrogens is 428 g/mol. The number of nitrogens with one attached hydrogen (secondary N) is 2. The number of rotatable bonds is 6. The minimum atomic E-state index is -1.39. The number of benzene rings is 1. The summed E-state index contributed by atoms with van der Waals surface area (Å²) >= 11 is 7.60. The molecule has 0 radical (unpaired) electrons. The molecule has 30 heavy (non-hydrogen) atoms. The average Bonchev–Trinajstić information content (AvgIpc) is 2.77. The fourth-order valence-corrected chi connectivity index (χ4v) is 5.13. The van der Waals surface area contributed by atoms with E-state index in [1.165, 1.54) is 11.8 Å². The van der Waals surface area contributed by atoms with E-state index in [-0.39, 0.29) is 5.91 Å². The van der Waals surface area contributed by atoms with Gasteiger partial charge in [-0.25, -0.2) is 0 Å². The molecule has 2 heterocycles. The van der Waals surface area contributed by atoms with Crippen molar-refractivity contribution in [1.82, 2.24) is 10.6 Å². The second-order valence-corrected chi connectivity index (χ2v) is 9.59. The molecule has 0 aliphatic carbocycles. The highest BCUT2D eigenvalue weighted by molar-refractivity contribution is 7.99. The molecule has 0 spiro atoms.